The number of aromatic nitrogens is 8. The smallest absolute Gasteiger partial charge is 0.421 e. The average molecular weight is 2060 g/mol. The summed E-state index contributed by atoms with van der Waals surface area (Å²) < 4.78 is 187. The molecule has 0 saturated carbocycles. The molecule has 0 aliphatic heterocycles. The van der Waals surface area contributed by atoms with Crippen LogP contribution in [0, 0.1) is 0 Å². The molecule has 32 nitrogen and oxygen atoms in total. The summed E-state index contributed by atoms with van der Waals surface area (Å²) in [6.45, 7) is 5.12. The fourth-order valence-corrected chi connectivity index (χ4v) is 12.5. The molecular formula is C94H86Cl4F12N18O14. The van der Waals surface area contributed by atoms with E-state index in [-0.39, 0.29) is 112 Å². The van der Waals surface area contributed by atoms with Crippen LogP contribution in [-0.2, 0) is 72.3 Å². The molecule has 0 bridgehead atoms. The highest BCUT2D eigenvalue weighted by Crippen LogP contribution is 2.39. The summed E-state index contributed by atoms with van der Waals surface area (Å²) in [6.07, 6.45) is -16.0. The van der Waals surface area contributed by atoms with E-state index in [2.05, 4.69) is 50.5 Å². The highest BCUT2D eigenvalue weighted by Gasteiger charge is 2.37. The second-order valence-corrected chi connectivity index (χ2v) is 31.5. The lowest BCUT2D eigenvalue weighted by molar-refractivity contribution is -0.145. The Bertz CT molecular complexity index is 5920. The van der Waals surface area contributed by atoms with Crippen LogP contribution in [0.3, 0.4) is 0 Å². The van der Waals surface area contributed by atoms with Gasteiger partial charge in [-0.05, 0) is 198 Å². The van der Waals surface area contributed by atoms with Gasteiger partial charge < -0.3 is 62.0 Å². The first-order valence-corrected chi connectivity index (χ1v) is 43.6. The normalized spacial score (nSPS) is 12.1. The average Bonchev–Trinajstić information content (AvgIpc) is 0.807. The summed E-state index contributed by atoms with van der Waals surface area (Å²) in [4.78, 5) is 136. The molecule has 48 heteroatoms. The fraction of sp³-hybridized carbons (Fsp3) is 0.234. The Kier molecular flexibility index (Phi) is 40.5. The van der Waals surface area contributed by atoms with Crippen molar-refractivity contribution in [3.05, 3.63) is 286 Å². The van der Waals surface area contributed by atoms with Gasteiger partial charge >= 0.3 is 61.0 Å². The van der Waals surface area contributed by atoms with E-state index in [1.54, 1.807) is 121 Å². The molecule has 0 radical (unpaired) electrons. The standard InChI is InChI=1S/2C24H22ClF3N4O4.2C23H21ClF3N5O3/c2*1-15(29)21(33)35-12-3-13-36-23(34)32(19-8-6-17(7-9-19)24(26,27)28)22-30-11-10-20(31-22)16-4-2-5-18(25)14-16;2*1-14(28)20(33)29-11-12-35-22(34)32(18-7-5-16(6-8-18)23(25,26)27)21-30-10-9-19(31-21)15-3-2-4-17(24)13-15/h2*2,4-11,14-15H,3,12-13,29H2,1H3;2*2-10,13-14H,11-12,28H2,1H3,(H,29,33)/t15-;;14-;/m0.0./s1. The monoisotopic (exact) mass is 2060 g/mol. The van der Waals surface area contributed by atoms with Crippen molar-refractivity contribution in [1.29, 1.82) is 0 Å². The van der Waals surface area contributed by atoms with Crippen LogP contribution in [0.25, 0.3) is 45.0 Å². The number of halogens is 16. The third-order valence-corrected chi connectivity index (χ3v) is 19.7. The Morgan fingerprint density at radius 1 is 0.303 bits per heavy atom. The first-order chi connectivity index (χ1) is 67.2. The number of benzene rings is 8. The van der Waals surface area contributed by atoms with E-state index in [1.165, 1.54) is 52.5 Å². The van der Waals surface area contributed by atoms with E-state index < -0.39 is 119 Å². The van der Waals surface area contributed by atoms with Gasteiger partial charge in [-0.15, -0.1) is 0 Å². The van der Waals surface area contributed by atoms with E-state index in [9.17, 15) is 91.0 Å². The summed E-state index contributed by atoms with van der Waals surface area (Å²) in [5.74, 6) is -2.57. The van der Waals surface area contributed by atoms with Crippen LogP contribution in [0.5, 0.6) is 0 Å². The van der Waals surface area contributed by atoms with Crippen molar-refractivity contribution in [3.8, 4) is 45.0 Å². The number of nitrogens with two attached hydrogens (primary N) is 4. The Morgan fingerprint density at radius 2 is 0.514 bits per heavy atom. The van der Waals surface area contributed by atoms with Gasteiger partial charge in [-0.1, -0.05) is 94.9 Å². The van der Waals surface area contributed by atoms with Gasteiger partial charge in [-0.25, -0.2) is 78.6 Å². The fourth-order valence-electron chi connectivity index (χ4n) is 11.7. The number of rotatable bonds is 30. The zero-order valence-electron chi connectivity index (χ0n) is 74.9. The molecule has 6 amide bonds. The Hall–Kier alpha value is -14.8. The second-order valence-electron chi connectivity index (χ2n) is 29.8. The number of alkyl halides is 12. The molecular weight excluding hydrogens is 1970 g/mol. The topological polar surface area (TPSA) is 436 Å². The van der Waals surface area contributed by atoms with Gasteiger partial charge in [-0.2, -0.15) is 52.7 Å². The van der Waals surface area contributed by atoms with Crippen molar-refractivity contribution < 1.29 is 119 Å². The number of amides is 6. The molecule has 10 N–H and O–H groups in total. The summed E-state index contributed by atoms with van der Waals surface area (Å²) in [5, 5.41) is 6.85. The number of hydrogen-bond acceptors (Lipinski definition) is 26. The molecule has 142 heavy (non-hydrogen) atoms. The molecule has 2 unspecified atom stereocenters. The van der Waals surface area contributed by atoms with Crippen LogP contribution in [-0.4, -0.2) is 165 Å². The van der Waals surface area contributed by atoms with Gasteiger partial charge in [0, 0.05) is 80.0 Å². The number of nitrogens with one attached hydrogen (secondary N) is 2. The lowest BCUT2D eigenvalue weighted by atomic mass is 10.1. The quantitative estimate of drug-likeness (QED) is 0.0105. The summed E-state index contributed by atoms with van der Waals surface area (Å²) >= 11 is 24.2. The summed E-state index contributed by atoms with van der Waals surface area (Å²) in [6, 6.07) is 46.2. The Morgan fingerprint density at radius 3 is 0.711 bits per heavy atom. The SMILES string of the molecule is CC(N)C(=O)NCCOC(=O)N(c1ccc(C(F)(F)F)cc1)c1nccc(-c2cccc(Cl)c2)n1.CC(N)C(=O)OCCCOC(=O)N(c1ccc(C(F)(F)F)cc1)c1nccc(-c2cccc(Cl)c2)n1.C[C@H](N)C(=O)NCCOC(=O)N(c1ccc(C(F)(F)F)cc1)c1nccc(-c2cccc(Cl)c2)n1.C[C@H](N)C(=O)OCCCOC(=O)N(c1ccc(C(F)(F)F)cc1)c1nccc(-c2cccc(Cl)c2)n1. The third-order valence-electron chi connectivity index (χ3n) is 18.7. The third kappa shape index (κ3) is 33.8. The first kappa shape index (κ1) is 111. The molecule has 12 aromatic rings. The number of anilines is 8. The van der Waals surface area contributed by atoms with E-state index in [1.807, 2.05) is 0 Å². The van der Waals surface area contributed by atoms with Crippen LogP contribution in [0.15, 0.2) is 243 Å². The maximum absolute atomic E-state index is 13.0. The van der Waals surface area contributed by atoms with Gasteiger partial charge in [0.05, 0.1) is 119 Å². The molecule has 8 aromatic carbocycles. The predicted molar refractivity (Wildman–Crippen MR) is 501 cm³/mol. The van der Waals surface area contributed by atoms with E-state index >= 15 is 0 Å². The van der Waals surface area contributed by atoms with Gasteiger partial charge in [0.15, 0.2) is 0 Å². The van der Waals surface area contributed by atoms with Gasteiger partial charge in [0.2, 0.25) is 35.6 Å². The number of carbonyl (C=O) groups is 8. The van der Waals surface area contributed by atoms with Crippen LogP contribution < -0.4 is 53.2 Å². The molecule has 12 rings (SSSR count). The second kappa shape index (κ2) is 51.9. The zero-order chi connectivity index (χ0) is 104. The number of carbonyl (C=O) groups excluding carboxylic acids is 8. The van der Waals surface area contributed by atoms with Crippen LogP contribution in [0.4, 0.5) is 118 Å². The Labute approximate surface area is 821 Å². The van der Waals surface area contributed by atoms with Crippen molar-refractivity contribution in [2.75, 3.05) is 72.3 Å². The molecule has 0 spiro atoms. The highest BCUT2D eigenvalue weighted by molar-refractivity contribution is 6.32. The molecule has 0 aliphatic carbocycles. The lowest BCUT2D eigenvalue weighted by Crippen LogP contribution is -2.40. The van der Waals surface area contributed by atoms with Crippen molar-refractivity contribution >= 4 is 141 Å². The summed E-state index contributed by atoms with van der Waals surface area (Å²) in [5.41, 5.74) is 22.7. The predicted octanol–water partition coefficient (Wildman–Crippen LogP) is 19.8. The van der Waals surface area contributed by atoms with Gasteiger partial charge in [0.1, 0.15) is 25.3 Å². The van der Waals surface area contributed by atoms with E-state index in [0.717, 1.165) is 117 Å². The van der Waals surface area contributed by atoms with Crippen molar-refractivity contribution in [3.63, 3.8) is 0 Å². The van der Waals surface area contributed by atoms with Crippen LogP contribution in [0.1, 0.15) is 62.8 Å². The largest absolute Gasteiger partial charge is 0.464 e. The molecule has 0 aliphatic rings. The molecule has 4 heterocycles. The minimum atomic E-state index is -4.55. The maximum Gasteiger partial charge on any atom is 0.421 e. The number of hydrogen-bond donors (Lipinski definition) is 6. The van der Waals surface area contributed by atoms with Crippen molar-refractivity contribution in [2.24, 2.45) is 22.9 Å². The first-order valence-electron chi connectivity index (χ1n) is 42.1. The van der Waals surface area contributed by atoms with Crippen molar-refractivity contribution in [2.45, 2.75) is 89.4 Å². The lowest BCUT2D eigenvalue weighted by Gasteiger charge is -2.21. The number of esters is 2. The van der Waals surface area contributed by atoms with Crippen molar-refractivity contribution in [1.82, 2.24) is 50.5 Å². The van der Waals surface area contributed by atoms with Gasteiger partial charge in [0.25, 0.3) is 0 Å². The minimum absolute atomic E-state index is 0.0175. The van der Waals surface area contributed by atoms with Crippen LogP contribution >= 0.6 is 46.4 Å². The Balaban J connectivity index is 0.000000211. The van der Waals surface area contributed by atoms with E-state index in [0.29, 0.717) is 65.1 Å². The molecule has 4 aromatic heterocycles. The maximum atomic E-state index is 13.0. The van der Waals surface area contributed by atoms with Gasteiger partial charge in [-0.3, -0.25) is 19.2 Å². The zero-order valence-corrected chi connectivity index (χ0v) is 77.9. The van der Waals surface area contributed by atoms with E-state index in [4.69, 9.17) is 97.8 Å². The molecule has 748 valence electrons. The number of ether oxygens (including phenoxy) is 6. The molecule has 0 saturated heterocycles. The minimum Gasteiger partial charge on any atom is -0.464 e. The van der Waals surface area contributed by atoms with Crippen LogP contribution in [0.2, 0.25) is 20.1 Å². The summed E-state index contributed by atoms with van der Waals surface area (Å²) in [7, 11) is 0. The molecule has 4 atom stereocenters. The highest BCUT2D eigenvalue weighted by atomic mass is 35.5. The number of nitrogens with zero attached hydrogens (tertiary/aromatic N) is 12. The molecule has 0 fully saturated rings.